The van der Waals surface area contributed by atoms with Crippen LogP contribution in [0.25, 0.3) is 49.0 Å². The van der Waals surface area contributed by atoms with E-state index in [4.69, 9.17) is 0 Å². The van der Waals surface area contributed by atoms with Crippen LogP contribution in [0.3, 0.4) is 0 Å². The van der Waals surface area contributed by atoms with Crippen molar-refractivity contribution in [2.45, 2.75) is 53.9 Å². The number of aromatic nitrogens is 2. The lowest BCUT2D eigenvalue weighted by Gasteiger charge is -2.16. The van der Waals surface area contributed by atoms with Gasteiger partial charge < -0.3 is 4.40 Å². The van der Waals surface area contributed by atoms with Crippen molar-refractivity contribution in [1.82, 2.24) is 4.40 Å². The molecule has 0 spiro atoms. The molecule has 3 aromatic heterocycles. The van der Waals surface area contributed by atoms with Gasteiger partial charge in [0.05, 0.1) is 27.3 Å². The topological polar surface area (TPSA) is 8.29 Å². The zero-order chi connectivity index (χ0) is 23.2. The van der Waals surface area contributed by atoms with Gasteiger partial charge in [-0.15, -0.1) is 0 Å². The molecule has 0 saturated heterocycles. The lowest BCUT2D eigenvalue weighted by Crippen LogP contribution is -2.29. The maximum absolute atomic E-state index is 2.58. The summed E-state index contributed by atoms with van der Waals surface area (Å²) in [6.45, 7) is 13.8. The summed E-state index contributed by atoms with van der Waals surface area (Å²) in [6.07, 6.45) is 3.34. The highest BCUT2D eigenvalue weighted by Gasteiger charge is 2.25. The molecule has 0 unspecified atom stereocenters. The third-order valence-electron chi connectivity index (χ3n) is 7.66. The van der Waals surface area contributed by atoms with Crippen LogP contribution in [0.4, 0.5) is 0 Å². The zero-order valence-corrected chi connectivity index (χ0v) is 20.9. The zero-order valence-electron chi connectivity index (χ0n) is 20.9. The van der Waals surface area contributed by atoms with Gasteiger partial charge in [0.15, 0.2) is 6.20 Å². The minimum absolute atomic E-state index is 0.484. The fourth-order valence-electron chi connectivity index (χ4n) is 5.90. The lowest BCUT2D eigenvalue weighted by atomic mass is 9.94. The molecule has 0 atom stereocenters. The number of rotatable bonds is 3. The van der Waals surface area contributed by atoms with Crippen LogP contribution in [0.5, 0.6) is 0 Å². The Balaban J connectivity index is 1.98. The highest BCUT2D eigenvalue weighted by Crippen LogP contribution is 2.42. The molecule has 2 nitrogen and oxygen atoms in total. The van der Waals surface area contributed by atoms with Crippen LogP contribution in [-0.2, 0) is 13.5 Å². The molecule has 0 amide bonds. The Hall–Kier alpha value is -3.13. The average molecular weight is 434 g/mol. The summed E-state index contributed by atoms with van der Waals surface area (Å²) < 4.78 is 4.91. The Morgan fingerprint density at radius 1 is 0.848 bits per heavy atom. The Kier molecular flexibility index (Phi) is 4.30. The van der Waals surface area contributed by atoms with Crippen LogP contribution in [0.2, 0.25) is 0 Å². The van der Waals surface area contributed by atoms with Gasteiger partial charge >= 0.3 is 0 Å². The van der Waals surface area contributed by atoms with E-state index in [1.54, 1.807) is 0 Å². The fourth-order valence-corrected chi connectivity index (χ4v) is 5.90. The van der Waals surface area contributed by atoms with Gasteiger partial charge in [0.2, 0.25) is 5.52 Å². The molecule has 0 bridgehead atoms. The van der Waals surface area contributed by atoms with Crippen molar-refractivity contribution in [3.63, 3.8) is 0 Å². The second kappa shape index (κ2) is 6.93. The molecule has 0 aliphatic heterocycles. The normalized spacial score (nSPS) is 12.8. The van der Waals surface area contributed by atoms with Crippen molar-refractivity contribution < 1.29 is 4.57 Å². The molecule has 0 saturated carbocycles. The van der Waals surface area contributed by atoms with Gasteiger partial charge in [-0.2, -0.15) is 0 Å². The molecule has 33 heavy (non-hydrogen) atoms. The van der Waals surface area contributed by atoms with Crippen molar-refractivity contribution >= 4 is 49.0 Å². The van der Waals surface area contributed by atoms with Crippen LogP contribution in [-0.4, -0.2) is 4.40 Å². The first kappa shape index (κ1) is 20.5. The summed E-state index contributed by atoms with van der Waals surface area (Å²) in [6, 6.07) is 16.7. The van der Waals surface area contributed by atoms with E-state index < -0.39 is 0 Å². The van der Waals surface area contributed by atoms with Gasteiger partial charge in [-0.25, -0.2) is 4.57 Å². The molecule has 0 radical (unpaired) electrons. The van der Waals surface area contributed by atoms with Crippen LogP contribution in [0.1, 0.15) is 55.9 Å². The Morgan fingerprint density at radius 3 is 2.36 bits per heavy atom. The molecular formula is C31H33N2+. The Labute approximate surface area is 195 Å². The predicted molar refractivity (Wildman–Crippen MR) is 142 cm³/mol. The second-order valence-electron chi connectivity index (χ2n) is 10.8. The van der Waals surface area contributed by atoms with Crippen LogP contribution in [0, 0.1) is 19.8 Å². The molecule has 166 valence electrons. The van der Waals surface area contributed by atoms with Crippen LogP contribution in [0.15, 0.2) is 48.7 Å². The summed E-state index contributed by atoms with van der Waals surface area (Å²) in [5.41, 5.74) is 11.0. The molecule has 3 aromatic carbocycles. The maximum atomic E-state index is 2.58. The number of aryl methyl sites for hydroxylation is 3. The van der Waals surface area contributed by atoms with E-state index in [9.17, 15) is 0 Å². The molecule has 0 aliphatic rings. The first-order valence-electron chi connectivity index (χ1n) is 12.3. The molecule has 6 rings (SSSR count). The summed E-state index contributed by atoms with van der Waals surface area (Å²) in [4.78, 5) is 0. The van der Waals surface area contributed by atoms with Crippen LogP contribution >= 0.6 is 0 Å². The minimum Gasteiger partial charge on any atom is -0.307 e. The van der Waals surface area contributed by atoms with Crippen molar-refractivity contribution in [2.75, 3.05) is 0 Å². The molecule has 0 fully saturated rings. The highest BCUT2D eigenvalue weighted by atomic mass is 15.0. The molecule has 3 heterocycles. The molecule has 2 heteroatoms. The van der Waals surface area contributed by atoms with E-state index >= 15 is 0 Å². The largest absolute Gasteiger partial charge is 0.307 e. The highest BCUT2D eigenvalue weighted by molar-refractivity contribution is 6.26. The number of pyridine rings is 2. The summed E-state index contributed by atoms with van der Waals surface area (Å²) in [5.74, 6) is 1.13. The summed E-state index contributed by atoms with van der Waals surface area (Å²) in [5, 5.41) is 6.84. The fraction of sp³-hybridized carbons (Fsp3) is 0.323. The monoisotopic (exact) mass is 433 g/mol. The van der Waals surface area contributed by atoms with Crippen molar-refractivity contribution in [3.05, 3.63) is 70.9 Å². The third-order valence-corrected chi connectivity index (χ3v) is 7.66. The maximum Gasteiger partial charge on any atom is 0.224 e. The van der Waals surface area contributed by atoms with Gasteiger partial charge in [-0.3, -0.25) is 0 Å². The van der Waals surface area contributed by atoms with Gasteiger partial charge in [0.25, 0.3) is 0 Å². The van der Waals surface area contributed by atoms with E-state index in [1.165, 1.54) is 71.3 Å². The van der Waals surface area contributed by atoms with E-state index in [1.807, 2.05) is 0 Å². The van der Waals surface area contributed by atoms with E-state index in [2.05, 4.69) is 106 Å². The standard InChI is InChI=1S/C31H33N2/c1-17(2)12-21-8-9-24-25-13-19(5)20(6)28-30(25)33(26(24)14-21)27-16-23(18(3)4)15-22-10-11-32(7)31(28)29(22)27/h8-11,13-18H,12H2,1-7H3/q+1. The van der Waals surface area contributed by atoms with Gasteiger partial charge in [-0.05, 0) is 77.9 Å². The molecule has 0 N–H and O–H groups in total. The number of benzene rings is 3. The third kappa shape index (κ3) is 2.76. The van der Waals surface area contributed by atoms with E-state index in [0.29, 0.717) is 11.8 Å². The summed E-state index contributed by atoms with van der Waals surface area (Å²) in [7, 11) is 2.20. The second-order valence-corrected chi connectivity index (χ2v) is 10.8. The summed E-state index contributed by atoms with van der Waals surface area (Å²) >= 11 is 0. The Bertz CT molecular complexity index is 1710. The average Bonchev–Trinajstić information content (AvgIpc) is 3.08. The van der Waals surface area contributed by atoms with Crippen molar-refractivity contribution in [2.24, 2.45) is 13.0 Å². The van der Waals surface area contributed by atoms with Gasteiger partial charge in [0, 0.05) is 16.8 Å². The molecule has 6 aromatic rings. The van der Waals surface area contributed by atoms with Crippen molar-refractivity contribution in [1.29, 1.82) is 0 Å². The van der Waals surface area contributed by atoms with Crippen LogP contribution < -0.4 is 4.57 Å². The minimum atomic E-state index is 0.484. The van der Waals surface area contributed by atoms with E-state index in [0.717, 1.165) is 6.42 Å². The number of hydrogen-bond donors (Lipinski definition) is 0. The number of hydrogen-bond acceptors (Lipinski definition) is 0. The first-order valence-corrected chi connectivity index (χ1v) is 12.3. The number of fused-ring (bicyclic) bond motifs is 5. The predicted octanol–water partition coefficient (Wildman–Crippen LogP) is 7.75. The van der Waals surface area contributed by atoms with Gasteiger partial charge in [-0.1, -0.05) is 45.9 Å². The lowest BCUT2D eigenvalue weighted by molar-refractivity contribution is -0.643. The van der Waals surface area contributed by atoms with Gasteiger partial charge in [0.1, 0.15) is 7.05 Å². The molecule has 0 aliphatic carbocycles. The first-order chi connectivity index (χ1) is 15.8. The van der Waals surface area contributed by atoms with Crippen molar-refractivity contribution in [3.8, 4) is 0 Å². The Morgan fingerprint density at radius 2 is 1.64 bits per heavy atom. The SMILES string of the molecule is Cc1cc2c3ccc(CC(C)C)cc3n3c4cc(C(C)C)cc5cc[n+](C)c(c(c1C)c23)c54. The van der Waals surface area contributed by atoms with E-state index in [-0.39, 0.29) is 0 Å². The molecular weight excluding hydrogens is 400 g/mol. The quantitative estimate of drug-likeness (QED) is 0.153. The smallest absolute Gasteiger partial charge is 0.224 e. The number of nitrogens with zero attached hydrogens (tertiary/aromatic N) is 2.